The van der Waals surface area contributed by atoms with Gasteiger partial charge in [0.05, 0.1) is 0 Å². The van der Waals surface area contributed by atoms with Gasteiger partial charge in [0.2, 0.25) is 5.95 Å². The van der Waals surface area contributed by atoms with Gasteiger partial charge in [0.25, 0.3) is 0 Å². The van der Waals surface area contributed by atoms with Crippen LogP contribution in [0.1, 0.15) is 37.7 Å². The molecular formula is C12H20N4. The van der Waals surface area contributed by atoms with Gasteiger partial charge in [-0.3, -0.25) is 0 Å². The Kier molecular flexibility index (Phi) is 3.72. The van der Waals surface area contributed by atoms with Crippen LogP contribution in [0, 0.1) is 6.92 Å². The van der Waals surface area contributed by atoms with E-state index in [4.69, 9.17) is 5.73 Å². The molecule has 2 atom stereocenters. The van der Waals surface area contributed by atoms with Crippen LogP contribution in [-0.2, 0) is 0 Å². The first-order valence-corrected chi connectivity index (χ1v) is 6.06. The molecule has 4 heteroatoms. The highest BCUT2D eigenvalue weighted by atomic mass is 15.1. The van der Waals surface area contributed by atoms with Crippen LogP contribution in [0.25, 0.3) is 0 Å². The van der Waals surface area contributed by atoms with E-state index in [0.717, 1.165) is 18.4 Å². The monoisotopic (exact) mass is 220 g/mol. The van der Waals surface area contributed by atoms with E-state index in [1.165, 1.54) is 19.3 Å². The van der Waals surface area contributed by atoms with Gasteiger partial charge in [0.15, 0.2) is 0 Å². The molecule has 0 bridgehead atoms. The van der Waals surface area contributed by atoms with Gasteiger partial charge in [0.1, 0.15) is 0 Å². The third kappa shape index (κ3) is 2.92. The van der Waals surface area contributed by atoms with Crippen molar-refractivity contribution < 1.29 is 0 Å². The average Bonchev–Trinajstić information content (AvgIpc) is 2.48. The lowest BCUT2D eigenvalue weighted by Gasteiger charge is -2.22. The molecular weight excluding hydrogens is 200 g/mol. The standard InChI is InChI=1S/C12H20N4/c1-9-7-14-12(15-8-9)16-11-6-4-2-3-5-10(11)13/h7-8,10-11H,2-6,13H2,1H3,(H,14,15,16). The minimum absolute atomic E-state index is 0.229. The molecule has 16 heavy (non-hydrogen) atoms. The molecule has 0 aromatic carbocycles. The van der Waals surface area contributed by atoms with Gasteiger partial charge in [-0.05, 0) is 25.3 Å². The van der Waals surface area contributed by atoms with Gasteiger partial charge in [-0.15, -0.1) is 0 Å². The second kappa shape index (κ2) is 5.25. The highest BCUT2D eigenvalue weighted by molar-refractivity contribution is 5.26. The van der Waals surface area contributed by atoms with Crippen molar-refractivity contribution in [3.05, 3.63) is 18.0 Å². The number of rotatable bonds is 2. The van der Waals surface area contributed by atoms with E-state index in [0.29, 0.717) is 12.0 Å². The Morgan fingerprint density at radius 2 is 1.88 bits per heavy atom. The van der Waals surface area contributed by atoms with Gasteiger partial charge in [-0.25, -0.2) is 9.97 Å². The van der Waals surface area contributed by atoms with Crippen molar-refractivity contribution in [3.63, 3.8) is 0 Å². The van der Waals surface area contributed by atoms with Crippen molar-refractivity contribution in [3.8, 4) is 0 Å². The zero-order chi connectivity index (χ0) is 11.4. The third-order valence-corrected chi connectivity index (χ3v) is 3.16. The van der Waals surface area contributed by atoms with E-state index in [-0.39, 0.29) is 6.04 Å². The van der Waals surface area contributed by atoms with E-state index >= 15 is 0 Å². The molecule has 3 N–H and O–H groups in total. The normalized spacial score (nSPS) is 26.1. The molecule has 1 heterocycles. The predicted molar refractivity (Wildman–Crippen MR) is 65.2 cm³/mol. The van der Waals surface area contributed by atoms with Crippen molar-refractivity contribution in [1.29, 1.82) is 0 Å². The molecule has 0 amide bonds. The third-order valence-electron chi connectivity index (χ3n) is 3.16. The first kappa shape index (κ1) is 11.3. The predicted octanol–water partition coefficient (Wildman–Crippen LogP) is 1.86. The quantitative estimate of drug-likeness (QED) is 0.747. The molecule has 1 aromatic heterocycles. The first-order chi connectivity index (χ1) is 7.75. The van der Waals surface area contributed by atoms with Crippen LogP contribution < -0.4 is 11.1 Å². The van der Waals surface area contributed by atoms with Crippen LogP contribution >= 0.6 is 0 Å². The largest absolute Gasteiger partial charge is 0.350 e. The SMILES string of the molecule is Cc1cnc(NC2CCCCCC2N)nc1. The fourth-order valence-corrected chi connectivity index (χ4v) is 2.15. The number of nitrogens with one attached hydrogen (secondary N) is 1. The number of anilines is 1. The summed E-state index contributed by atoms with van der Waals surface area (Å²) in [6.07, 6.45) is 9.67. The number of nitrogens with two attached hydrogens (primary N) is 1. The smallest absolute Gasteiger partial charge is 0.222 e. The van der Waals surface area contributed by atoms with Crippen LogP contribution in [0.5, 0.6) is 0 Å². The number of nitrogens with zero attached hydrogens (tertiary/aromatic N) is 2. The van der Waals surface area contributed by atoms with Crippen molar-refractivity contribution in [2.24, 2.45) is 5.73 Å². The number of aromatic nitrogens is 2. The highest BCUT2D eigenvalue weighted by Gasteiger charge is 2.20. The molecule has 4 nitrogen and oxygen atoms in total. The lowest BCUT2D eigenvalue weighted by Crippen LogP contribution is -2.39. The molecule has 1 aromatic rings. The summed E-state index contributed by atoms with van der Waals surface area (Å²) in [5.41, 5.74) is 7.22. The second-order valence-corrected chi connectivity index (χ2v) is 4.64. The van der Waals surface area contributed by atoms with Crippen molar-refractivity contribution >= 4 is 5.95 Å². The lowest BCUT2D eigenvalue weighted by atomic mass is 10.0. The lowest BCUT2D eigenvalue weighted by molar-refractivity contribution is 0.525. The van der Waals surface area contributed by atoms with Crippen molar-refractivity contribution in [1.82, 2.24) is 9.97 Å². The molecule has 1 aliphatic rings. The summed E-state index contributed by atoms with van der Waals surface area (Å²) in [5, 5.41) is 3.35. The molecule has 0 aliphatic heterocycles. The first-order valence-electron chi connectivity index (χ1n) is 6.06. The summed E-state index contributed by atoms with van der Waals surface area (Å²) in [6.45, 7) is 1.99. The highest BCUT2D eigenvalue weighted by Crippen LogP contribution is 2.19. The Hall–Kier alpha value is -1.16. The zero-order valence-corrected chi connectivity index (χ0v) is 9.82. The number of hydrogen-bond acceptors (Lipinski definition) is 4. The second-order valence-electron chi connectivity index (χ2n) is 4.64. The fourth-order valence-electron chi connectivity index (χ4n) is 2.15. The average molecular weight is 220 g/mol. The molecule has 0 radical (unpaired) electrons. The van der Waals surface area contributed by atoms with Crippen molar-refractivity contribution in [2.75, 3.05) is 5.32 Å². The van der Waals surface area contributed by atoms with E-state index in [2.05, 4.69) is 15.3 Å². The van der Waals surface area contributed by atoms with E-state index in [1.807, 2.05) is 19.3 Å². The summed E-state index contributed by atoms with van der Waals surface area (Å²) in [4.78, 5) is 8.52. The summed E-state index contributed by atoms with van der Waals surface area (Å²) < 4.78 is 0. The molecule has 88 valence electrons. The Bertz CT molecular complexity index is 322. The number of hydrogen-bond donors (Lipinski definition) is 2. The summed E-state index contributed by atoms with van der Waals surface area (Å²) in [7, 11) is 0. The minimum atomic E-state index is 0.229. The number of aryl methyl sites for hydroxylation is 1. The van der Waals surface area contributed by atoms with Crippen LogP contribution in [0.2, 0.25) is 0 Å². The molecule has 2 unspecified atom stereocenters. The Morgan fingerprint density at radius 1 is 1.19 bits per heavy atom. The van der Waals surface area contributed by atoms with E-state index in [9.17, 15) is 0 Å². The van der Waals surface area contributed by atoms with Crippen LogP contribution in [0.3, 0.4) is 0 Å². The molecule has 0 saturated heterocycles. The van der Waals surface area contributed by atoms with Gasteiger partial charge >= 0.3 is 0 Å². The van der Waals surface area contributed by atoms with Crippen LogP contribution in [0.4, 0.5) is 5.95 Å². The van der Waals surface area contributed by atoms with Gasteiger partial charge in [0, 0.05) is 24.5 Å². The molecule has 1 saturated carbocycles. The summed E-state index contributed by atoms with van der Waals surface area (Å²) in [6, 6.07) is 0.553. The maximum atomic E-state index is 6.14. The maximum absolute atomic E-state index is 6.14. The van der Waals surface area contributed by atoms with E-state index in [1.54, 1.807) is 0 Å². The zero-order valence-electron chi connectivity index (χ0n) is 9.82. The Balaban J connectivity index is 1.99. The summed E-state index contributed by atoms with van der Waals surface area (Å²) >= 11 is 0. The van der Waals surface area contributed by atoms with Gasteiger partial charge < -0.3 is 11.1 Å². The Morgan fingerprint density at radius 3 is 2.62 bits per heavy atom. The maximum Gasteiger partial charge on any atom is 0.222 e. The summed E-state index contributed by atoms with van der Waals surface area (Å²) in [5.74, 6) is 0.702. The van der Waals surface area contributed by atoms with E-state index < -0.39 is 0 Å². The fraction of sp³-hybridized carbons (Fsp3) is 0.667. The van der Waals surface area contributed by atoms with Crippen LogP contribution in [-0.4, -0.2) is 22.1 Å². The topological polar surface area (TPSA) is 63.8 Å². The molecule has 0 spiro atoms. The Labute approximate surface area is 96.7 Å². The van der Waals surface area contributed by atoms with Crippen LogP contribution in [0.15, 0.2) is 12.4 Å². The minimum Gasteiger partial charge on any atom is -0.350 e. The molecule has 1 aliphatic carbocycles. The van der Waals surface area contributed by atoms with Gasteiger partial charge in [-0.2, -0.15) is 0 Å². The van der Waals surface area contributed by atoms with Gasteiger partial charge in [-0.1, -0.05) is 19.3 Å². The van der Waals surface area contributed by atoms with Crippen molar-refractivity contribution in [2.45, 2.75) is 51.1 Å². The molecule has 1 fully saturated rings. The molecule has 2 rings (SSSR count).